The first-order valence-electron chi connectivity index (χ1n) is 6.54. The molecule has 0 heterocycles. The fraction of sp³-hybridized carbons (Fsp3) is 0.833. The van der Waals surface area contributed by atoms with Crippen LogP contribution in [0, 0.1) is 0 Å². The number of rotatable bonds is 9. The van der Waals surface area contributed by atoms with E-state index >= 15 is 0 Å². The molecule has 0 aliphatic rings. The normalized spacial score (nSPS) is 12.4. The van der Waals surface area contributed by atoms with Crippen molar-refractivity contribution in [3.63, 3.8) is 0 Å². The van der Waals surface area contributed by atoms with Crippen molar-refractivity contribution in [2.75, 3.05) is 18.8 Å². The van der Waals surface area contributed by atoms with Gasteiger partial charge in [-0.3, -0.25) is 9.59 Å². The van der Waals surface area contributed by atoms with E-state index in [0.717, 1.165) is 0 Å². The molecule has 0 aromatic carbocycles. The van der Waals surface area contributed by atoms with Crippen LogP contribution in [-0.4, -0.2) is 54.1 Å². The molecule has 0 saturated heterocycles. The zero-order valence-corrected chi connectivity index (χ0v) is 13.3. The molecule has 0 radical (unpaired) electrons. The zero-order chi connectivity index (χ0) is 16.0. The second kappa shape index (κ2) is 7.58. The van der Waals surface area contributed by atoms with Crippen LogP contribution < -0.4 is 5.32 Å². The van der Waals surface area contributed by atoms with E-state index in [-0.39, 0.29) is 12.8 Å². The first-order chi connectivity index (χ1) is 9.04. The number of carbonyl (C=O) groups is 2. The summed E-state index contributed by atoms with van der Waals surface area (Å²) in [6.45, 7) is 7.37. The molecule has 0 aromatic rings. The van der Waals surface area contributed by atoms with Crippen molar-refractivity contribution in [3.05, 3.63) is 0 Å². The molecule has 0 spiro atoms. The maximum Gasteiger partial charge on any atom is 0.303 e. The molecule has 2 N–H and O–H groups in total. The van der Waals surface area contributed by atoms with Crippen molar-refractivity contribution in [1.82, 2.24) is 9.62 Å². The molecule has 0 atom stereocenters. The maximum absolute atomic E-state index is 11.9. The van der Waals surface area contributed by atoms with E-state index in [1.165, 1.54) is 4.31 Å². The van der Waals surface area contributed by atoms with Crippen molar-refractivity contribution >= 4 is 21.9 Å². The van der Waals surface area contributed by atoms with Crippen LogP contribution in [0.4, 0.5) is 0 Å². The average molecular weight is 308 g/mol. The summed E-state index contributed by atoms with van der Waals surface area (Å²) >= 11 is 0. The summed E-state index contributed by atoms with van der Waals surface area (Å²) in [5.41, 5.74) is -0.756. The van der Waals surface area contributed by atoms with E-state index in [2.05, 4.69) is 5.32 Å². The minimum Gasteiger partial charge on any atom is -0.481 e. The zero-order valence-electron chi connectivity index (χ0n) is 12.5. The highest BCUT2D eigenvalue weighted by Gasteiger charge is 2.27. The molecule has 0 saturated carbocycles. The van der Waals surface area contributed by atoms with E-state index in [0.29, 0.717) is 13.1 Å². The van der Waals surface area contributed by atoms with Gasteiger partial charge in [-0.25, -0.2) is 12.7 Å². The number of carboxylic acids is 1. The molecule has 0 rings (SSSR count). The number of nitrogens with one attached hydrogen (secondary N) is 1. The maximum atomic E-state index is 11.9. The Labute approximate surface area is 120 Å². The second-order valence-electron chi connectivity index (χ2n) is 5.17. The summed E-state index contributed by atoms with van der Waals surface area (Å²) in [4.78, 5) is 22.3. The summed E-state index contributed by atoms with van der Waals surface area (Å²) < 4.78 is 25.1. The molecule has 0 unspecified atom stereocenters. The Morgan fingerprint density at radius 1 is 1.20 bits per heavy atom. The third-order valence-electron chi connectivity index (χ3n) is 2.85. The van der Waals surface area contributed by atoms with Crippen LogP contribution in [0.3, 0.4) is 0 Å². The van der Waals surface area contributed by atoms with Crippen LogP contribution in [0.15, 0.2) is 0 Å². The predicted octanol–water partition coefficient (Wildman–Crippen LogP) is 0.418. The quantitative estimate of drug-likeness (QED) is 0.642. The van der Waals surface area contributed by atoms with Gasteiger partial charge in [0.25, 0.3) is 0 Å². The lowest BCUT2D eigenvalue weighted by atomic mass is 9.98. The first-order valence-corrected chi connectivity index (χ1v) is 8.15. The molecule has 20 heavy (non-hydrogen) atoms. The van der Waals surface area contributed by atoms with Gasteiger partial charge in [-0.15, -0.1) is 0 Å². The van der Waals surface area contributed by atoms with Gasteiger partial charge in [-0.05, 0) is 20.3 Å². The molecule has 0 aliphatic heterocycles. The first kappa shape index (κ1) is 18.9. The lowest BCUT2D eigenvalue weighted by Gasteiger charge is -2.26. The molecule has 0 aromatic heterocycles. The number of aliphatic carboxylic acids is 1. The van der Waals surface area contributed by atoms with Gasteiger partial charge in [-0.1, -0.05) is 13.8 Å². The molecule has 7 nitrogen and oxygen atoms in total. The fourth-order valence-corrected chi connectivity index (χ4v) is 3.14. The van der Waals surface area contributed by atoms with Gasteiger partial charge in [0.1, 0.15) is 5.75 Å². The Bertz CT molecular complexity index is 441. The summed E-state index contributed by atoms with van der Waals surface area (Å²) in [6.07, 6.45) is 0.148. The largest absolute Gasteiger partial charge is 0.481 e. The SMILES string of the molecule is CCN(CC)S(=O)(=O)CC(=O)NC(C)(C)CCC(=O)O. The Balaban J connectivity index is 4.59. The van der Waals surface area contributed by atoms with Gasteiger partial charge < -0.3 is 10.4 Å². The number of carbonyl (C=O) groups excluding carboxylic acids is 1. The Hall–Kier alpha value is -1.15. The molecule has 118 valence electrons. The van der Waals surface area contributed by atoms with Gasteiger partial charge in [0.15, 0.2) is 0 Å². The van der Waals surface area contributed by atoms with Crippen molar-refractivity contribution in [2.24, 2.45) is 0 Å². The highest BCUT2D eigenvalue weighted by molar-refractivity contribution is 7.89. The number of carboxylic acid groups (broad SMARTS) is 1. The molecule has 8 heteroatoms. The number of hydrogen-bond donors (Lipinski definition) is 2. The Morgan fingerprint density at radius 2 is 1.70 bits per heavy atom. The minimum atomic E-state index is -3.62. The predicted molar refractivity (Wildman–Crippen MR) is 75.8 cm³/mol. The van der Waals surface area contributed by atoms with E-state index in [1.54, 1.807) is 27.7 Å². The summed E-state index contributed by atoms with van der Waals surface area (Å²) in [5, 5.41) is 11.2. The van der Waals surface area contributed by atoms with E-state index in [1.807, 2.05) is 0 Å². The third-order valence-corrected chi connectivity index (χ3v) is 4.78. The van der Waals surface area contributed by atoms with Gasteiger partial charge in [0.05, 0.1) is 0 Å². The summed E-state index contributed by atoms with van der Waals surface area (Å²) in [5.74, 6) is -2.19. The highest BCUT2D eigenvalue weighted by atomic mass is 32.2. The monoisotopic (exact) mass is 308 g/mol. The standard InChI is InChI=1S/C12H24N2O5S/c1-5-14(6-2)20(18,19)9-10(15)13-12(3,4)8-7-11(16)17/h5-9H2,1-4H3,(H,13,15)(H,16,17). The van der Waals surface area contributed by atoms with Crippen LogP contribution in [-0.2, 0) is 19.6 Å². The van der Waals surface area contributed by atoms with E-state index in [4.69, 9.17) is 5.11 Å². The smallest absolute Gasteiger partial charge is 0.303 e. The van der Waals surface area contributed by atoms with Crippen LogP contribution >= 0.6 is 0 Å². The second-order valence-corrected chi connectivity index (χ2v) is 7.14. The highest BCUT2D eigenvalue weighted by Crippen LogP contribution is 2.11. The van der Waals surface area contributed by atoms with Crippen molar-refractivity contribution < 1.29 is 23.1 Å². The third kappa shape index (κ3) is 6.85. The van der Waals surface area contributed by atoms with Crippen LogP contribution in [0.25, 0.3) is 0 Å². The van der Waals surface area contributed by atoms with Crippen LogP contribution in [0.5, 0.6) is 0 Å². The Morgan fingerprint density at radius 3 is 2.10 bits per heavy atom. The molecule has 0 aliphatic carbocycles. The Kier molecular flexibility index (Phi) is 7.15. The molecule has 1 amide bonds. The molecule has 0 fully saturated rings. The molecular weight excluding hydrogens is 284 g/mol. The molecular formula is C12H24N2O5S. The summed E-state index contributed by atoms with van der Waals surface area (Å²) in [6, 6.07) is 0. The lowest BCUT2D eigenvalue weighted by molar-refractivity contribution is -0.137. The fourth-order valence-electron chi connectivity index (χ4n) is 1.77. The molecule has 0 bridgehead atoms. The van der Waals surface area contributed by atoms with Crippen molar-refractivity contribution in [1.29, 1.82) is 0 Å². The van der Waals surface area contributed by atoms with E-state index in [9.17, 15) is 18.0 Å². The van der Waals surface area contributed by atoms with Gasteiger partial charge in [-0.2, -0.15) is 0 Å². The van der Waals surface area contributed by atoms with Crippen molar-refractivity contribution in [3.8, 4) is 0 Å². The van der Waals surface area contributed by atoms with Crippen LogP contribution in [0.2, 0.25) is 0 Å². The number of amides is 1. The van der Waals surface area contributed by atoms with E-state index < -0.39 is 33.2 Å². The van der Waals surface area contributed by atoms with Gasteiger partial charge >= 0.3 is 5.97 Å². The number of hydrogen-bond acceptors (Lipinski definition) is 4. The average Bonchev–Trinajstić information content (AvgIpc) is 2.25. The summed E-state index contributed by atoms with van der Waals surface area (Å²) in [7, 11) is -3.62. The van der Waals surface area contributed by atoms with Gasteiger partial charge in [0, 0.05) is 25.0 Å². The lowest BCUT2D eigenvalue weighted by Crippen LogP contribution is -2.48. The van der Waals surface area contributed by atoms with Crippen LogP contribution in [0.1, 0.15) is 40.5 Å². The number of nitrogens with zero attached hydrogens (tertiary/aromatic N) is 1. The minimum absolute atomic E-state index is 0.0872. The number of sulfonamides is 1. The topological polar surface area (TPSA) is 104 Å². The van der Waals surface area contributed by atoms with Crippen molar-refractivity contribution in [2.45, 2.75) is 46.1 Å². The van der Waals surface area contributed by atoms with Gasteiger partial charge in [0.2, 0.25) is 15.9 Å².